The summed E-state index contributed by atoms with van der Waals surface area (Å²) in [5.41, 5.74) is 1.16. The SMILES string of the molecule is Cc1nc2c(F)cc(-c3nc(N[C@H]4CC[C@H](OC(O)O)CC4)ncc3F)cc2n1C(C)C. The van der Waals surface area contributed by atoms with Crippen LogP contribution in [-0.2, 0) is 4.74 Å². The molecule has 0 spiro atoms. The molecular formula is C22H27F2N5O3. The summed E-state index contributed by atoms with van der Waals surface area (Å²) in [4.78, 5) is 12.7. The maximum atomic E-state index is 14.8. The van der Waals surface area contributed by atoms with E-state index in [-0.39, 0.29) is 35.3 Å². The molecule has 0 atom stereocenters. The normalized spacial score (nSPS) is 19.3. The molecule has 3 aromatic rings. The third kappa shape index (κ3) is 4.57. The van der Waals surface area contributed by atoms with E-state index in [0.717, 1.165) is 6.20 Å². The fourth-order valence-corrected chi connectivity index (χ4v) is 4.39. The molecule has 0 amide bonds. The van der Waals surface area contributed by atoms with Crippen LogP contribution in [-0.4, -0.2) is 48.4 Å². The van der Waals surface area contributed by atoms with Gasteiger partial charge in [0.25, 0.3) is 6.48 Å². The van der Waals surface area contributed by atoms with Gasteiger partial charge in [-0.25, -0.2) is 23.7 Å². The van der Waals surface area contributed by atoms with Crippen LogP contribution in [0.2, 0.25) is 0 Å². The van der Waals surface area contributed by atoms with Gasteiger partial charge in [-0.3, -0.25) is 0 Å². The Morgan fingerprint density at radius 2 is 1.81 bits per heavy atom. The molecule has 0 radical (unpaired) electrons. The molecule has 1 aliphatic carbocycles. The Bertz CT molecular complexity index is 1110. The average molecular weight is 447 g/mol. The van der Waals surface area contributed by atoms with Crippen molar-refractivity contribution in [1.29, 1.82) is 0 Å². The van der Waals surface area contributed by atoms with Gasteiger partial charge in [-0.1, -0.05) is 0 Å². The van der Waals surface area contributed by atoms with Gasteiger partial charge in [0.05, 0.1) is 17.8 Å². The van der Waals surface area contributed by atoms with E-state index in [2.05, 4.69) is 20.3 Å². The first kappa shape index (κ1) is 22.5. The number of rotatable bonds is 6. The highest BCUT2D eigenvalue weighted by Crippen LogP contribution is 2.31. The Hall–Kier alpha value is -2.69. The van der Waals surface area contributed by atoms with Crippen LogP contribution < -0.4 is 5.32 Å². The van der Waals surface area contributed by atoms with E-state index in [9.17, 15) is 8.78 Å². The monoisotopic (exact) mass is 447 g/mol. The zero-order chi connectivity index (χ0) is 23.0. The van der Waals surface area contributed by atoms with Gasteiger partial charge in [0.2, 0.25) is 5.95 Å². The molecule has 1 aromatic carbocycles. The third-order valence-corrected chi connectivity index (χ3v) is 5.78. The smallest absolute Gasteiger partial charge is 0.266 e. The molecule has 4 rings (SSSR count). The summed E-state index contributed by atoms with van der Waals surface area (Å²) >= 11 is 0. The minimum absolute atomic E-state index is 0.0119. The van der Waals surface area contributed by atoms with Gasteiger partial charge in [-0.05, 0) is 58.6 Å². The van der Waals surface area contributed by atoms with E-state index in [1.807, 2.05) is 25.3 Å². The molecule has 1 saturated carbocycles. The zero-order valence-electron chi connectivity index (χ0n) is 18.2. The van der Waals surface area contributed by atoms with Gasteiger partial charge in [-0.2, -0.15) is 0 Å². The Morgan fingerprint density at radius 1 is 1.09 bits per heavy atom. The van der Waals surface area contributed by atoms with E-state index >= 15 is 0 Å². The first-order valence-electron chi connectivity index (χ1n) is 10.7. The molecule has 0 saturated heterocycles. The fraction of sp³-hybridized carbons (Fsp3) is 0.500. The predicted octanol–water partition coefficient (Wildman–Crippen LogP) is 3.67. The molecule has 1 aliphatic rings. The Labute approximate surface area is 184 Å². The second kappa shape index (κ2) is 9.05. The van der Waals surface area contributed by atoms with Crippen molar-refractivity contribution in [2.24, 2.45) is 0 Å². The number of fused-ring (bicyclic) bond motifs is 1. The van der Waals surface area contributed by atoms with Crippen LogP contribution in [0.4, 0.5) is 14.7 Å². The molecule has 0 bridgehead atoms. The van der Waals surface area contributed by atoms with Crippen molar-refractivity contribution in [3.8, 4) is 11.3 Å². The lowest BCUT2D eigenvalue weighted by molar-refractivity contribution is -0.259. The van der Waals surface area contributed by atoms with E-state index in [4.69, 9.17) is 14.9 Å². The topological polar surface area (TPSA) is 105 Å². The number of benzene rings is 1. The molecule has 0 unspecified atom stereocenters. The van der Waals surface area contributed by atoms with Crippen molar-refractivity contribution in [2.75, 3.05) is 5.32 Å². The largest absolute Gasteiger partial charge is 0.351 e. The quantitative estimate of drug-likeness (QED) is 0.495. The minimum Gasteiger partial charge on any atom is -0.351 e. The number of hydrogen-bond donors (Lipinski definition) is 3. The number of anilines is 1. The molecule has 8 nitrogen and oxygen atoms in total. The first-order chi connectivity index (χ1) is 15.2. The van der Waals surface area contributed by atoms with Crippen LogP contribution in [0.25, 0.3) is 22.3 Å². The number of nitrogens with zero attached hydrogens (tertiary/aromatic N) is 4. The van der Waals surface area contributed by atoms with Crippen molar-refractivity contribution in [3.05, 3.63) is 35.8 Å². The number of aliphatic hydroxyl groups is 2. The molecule has 3 N–H and O–H groups in total. The number of imidazole rings is 1. The van der Waals surface area contributed by atoms with Gasteiger partial charge in [0.1, 0.15) is 17.0 Å². The number of hydrogen-bond acceptors (Lipinski definition) is 7. The lowest BCUT2D eigenvalue weighted by atomic mass is 9.93. The van der Waals surface area contributed by atoms with Crippen molar-refractivity contribution < 1.29 is 23.7 Å². The number of aliphatic hydroxyl groups excluding tert-OH is 1. The van der Waals surface area contributed by atoms with Crippen LogP contribution in [0.3, 0.4) is 0 Å². The van der Waals surface area contributed by atoms with E-state index < -0.39 is 18.1 Å². The van der Waals surface area contributed by atoms with Gasteiger partial charge >= 0.3 is 0 Å². The fourth-order valence-electron chi connectivity index (χ4n) is 4.39. The van der Waals surface area contributed by atoms with Gasteiger partial charge in [-0.15, -0.1) is 0 Å². The minimum atomic E-state index is -1.78. The molecule has 32 heavy (non-hydrogen) atoms. The summed E-state index contributed by atoms with van der Waals surface area (Å²) in [6.45, 7) is 3.99. The van der Waals surface area contributed by atoms with Crippen molar-refractivity contribution in [1.82, 2.24) is 19.5 Å². The lowest BCUT2D eigenvalue weighted by Gasteiger charge is -2.29. The van der Waals surface area contributed by atoms with E-state index in [1.165, 1.54) is 6.07 Å². The number of halogens is 2. The first-order valence-corrected chi connectivity index (χ1v) is 10.7. The van der Waals surface area contributed by atoms with Gasteiger partial charge in [0.15, 0.2) is 11.6 Å². The highest BCUT2D eigenvalue weighted by Gasteiger charge is 2.24. The predicted molar refractivity (Wildman–Crippen MR) is 115 cm³/mol. The molecule has 10 heteroatoms. The number of nitrogens with one attached hydrogen (secondary N) is 1. The molecule has 1 fully saturated rings. The van der Waals surface area contributed by atoms with Crippen molar-refractivity contribution in [2.45, 2.75) is 71.1 Å². The Morgan fingerprint density at radius 3 is 2.47 bits per heavy atom. The van der Waals surface area contributed by atoms with Crippen LogP contribution in [0, 0.1) is 18.6 Å². The maximum Gasteiger partial charge on any atom is 0.266 e. The molecule has 172 valence electrons. The summed E-state index contributed by atoms with van der Waals surface area (Å²) in [5, 5.41) is 21.1. The summed E-state index contributed by atoms with van der Waals surface area (Å²) in [6.07, 6.45) is 3.56. The second-order valence-electron chi connectivity index (χ2n) is 8.42. The molecule has 0 aliphatic heterocycles. The summed E-state index contributed by atoms with van der Waals surface area (Å²) in [5.74, 6) is -0.237. The van der Waals surface area contributed by atoms with Gasteiger partial charge < -0.3 is 24.8 Å². The highest BCUT2D eigenvalue weighted by atomic mass is 19.1. The zero-order valence-corrected chi connectivity index (χ0v) is 18.2. The van der Waals surface area contributed by atoms with E-state index in [0.29, 0.717) is 42.6 Å². The average Bonchev–Trinajstić information content (AvgIpc) is 3.07. The Balaban J connectivity index is 1.60. The number of aromatic nitrogens is 4. The Kier molecular flexibility index (Phi) is 6.36. The second-order valence-corrected chi connectivity index (χ2v) is 8.42. The van der Waals surface area contributed by atoms with E-state index in [1.54, 1.807) is 6.07 Å². The van der Waals surface area contributed by atoms with Gasteiger partial charge in [0, 0.05) is 17.6 Å². The standard InChI is InChI=1S/C22H27F2N5O3/c1-11(2)29-12(3)26-20-16(23)8-13(9-18(20)29)19-17(24)10-25-21(28-19)27-14-4-6-15(7-5-14)32-22(30)31/h8-11,14-15,22,30-31H,4-7H2,1-3H3,(H,25,27,28)/t14-,15-. The third-order valence-electron chi connectivity index (χ3n) is 5.78. The van der Waals surface area contributed by atoms with Crippen LogP contribution in [0.5, 0.6) is 0 Å². The highest BCUT2D eigenvalue weighted by molar-refractivity contribution is 5.83. The number of ether oxygens (including phenoxy) is 1. The van der Waals surface area contributed by atoms with Crippen LogP contribution in [0.1, 0.15) is 51.4 Å². The van der Waals surface area contributed by atoms with Crippen LogP contribution in [0.15, 0.2) is 18.3 Å². The molecule has 2 aromatic heterocycles. The van der Waals surface area contributed by atoms with Crippen molar-refractivity contribution in [3.63, 3.8) is 0 Å². The summed E-state index contributed by atoms with van der Waals surface area (Å²) < 4.78 is 36.4. The van der Waals surface area contributed by atoms with Crippen molar-refractivity contribution >= 4 is 17.0 Å². The lowest BCUT2D eigenvalue weighted by Crippen LogP contribution is -2.32. The maximum absolute atomic E-state index is 14.8. The number of aryl methyl sites for hydroxylation is 1. The molecular weight excluding hydrogens is 420 g/mol. The summed E-state index contributed by atoms with van der Waals surface area (Å²) in [7, 11) is 0. The van der Waals surface area contributed by atoms with Crippen LogP contribution >= 0.6 is 0 Å². The molecule has 2 heterocycles. The summed E-state index contributed by atoms with van der Waals surface area (Å²) in [6, 6.07) is 3.05.